The van der Waals surface area contributed by atoms with Crippen molar-refractivity contribution >= 4 is 17.5 Å². The molecule has 1 aromatic rings. The Morgan fingerprint density at radius 2 is 2.19 bits per heavy atom. The number of amides is 1. The minimum Gasteiger partial charge on any atom is -0.388 e. The van der Waals surface area contributed by atoms with Crippen LogP contribution in [0.5, 0.6) is 0 Å². The van der Waals surface area contributed by atoms with Gasteiger partial charge in [0.15, 0.2) is 0 Å². The van der Waals surface area contributed by atoms with Crippen LogP contribution in [0.2, 0.25) is 5.02 Å². The number of rotatable bonds is 6. The molecule has 0 bridgehead atoms. The van der Waals surface area contributed by atoms with Crippen molar-refractivity contribution in [3.05, 3.63) is 34.9 Å². The van der Waals surface area contributed by atoms with Crippen molar-refractivity contribution < 1.29 is 9.90 Å². The Balaban J connectivity index is 1.77. The minimum atomic E-state index is -0.784. The summed E-state index contributed by atoms with van der Waals surface area (Å²) in [6, 6.07) is 7.36. The first-order valence-electron chi connectivity index (χ1n) is 7.54. The topological polar surface area (TPSA) is 52.6 Å². The second-order valence-corrected chi connectivity index (χ2v) is 5.94. The predicted molar refractivity (Wildman–Crippen MR) is 84.3 cm³/mol. The van der Waals surface area contributed by atoms with Crippen LogP contribution < -0.4 is 5.32 Å². The zero-order valence-electron chi connectivity index (χ0n) is 12.4. The van der Waals surface area contributed by atoms with Gasteiger partial charge in [0, 0.05) is 17.6 Å². The summed E-state index contributed by atoms with van der Waals surface area (Å²) in [5.41, 5.74) is 0.714. The second-order valence-electron chi connectivity index (χ2n) is 5.50. The van der Waals surface area contributed by atoms with Gasteiger partial charge in [-0.05, 0) is 43.6 Å². The van der Waals surface area contributed by atoms with Crippen molar-refractivity contribution in [2.45, 2.75) is 38.3 Å². The van der Waals surface area contributed by atoms with Gasteiger partial charge in [-0.3, -0.25) is 9.69 Å². The highest BCUT2D eigenvalue weighted by atomic mass is 35.5. The number of nitrogens with zero attached hydrogens (tertiary/aromatic N) is 1. The molecule has 116 valence electrons. The van der Waals surface area contributed by atoms with E-state index in [0.717, 1.165) is 19.5 Å². The first kappa shape index (κ1) is 16.3. The van der Waals surface area contributed by atoms with E-state index in [-0.39, 0.29) is 12.3 Å². The summed E-state index contributed by atoms with van der Waals surface area (Å²) < 4.78 is 0. The molecule has 5 heteroatoms. The van der Waals surface area contributed by atoms with Crippen LogP contribution in [0.3, 0.4) is 0 Å². The fourth-order valence-corrected chi connectivity index (χ4v) is 2.95. The molecule has 2 N–H and O–H groups in total. The Hall–Kier alpha value is -1.10. The molecule has 4 nitrogen and oxygen atoms in total. The van der Waals surface area contributed by atoms with Crippen molar-refractivity contribution in [1.29, 1.82) is 0 Å². The predicted octanol–water partition coefficient (Wildman–Crippen LogP) is 2.36. The van der Waals surface area contributed by atoms with Crippen LogP contribution in [0.25, 0.3) is 0 Å². The average molecular weight is 311 g/mol. The number of aliphatic hydroxyl groups is 1. The summed E-state index contributed by atoms with van der Waals surface area (Å²) in [6.45, 7) is 4.95. The molecule has 1 aromatic carbocycles. The monoisotopic (exact) mass is 310 g/mol. The zero-order chi connectivity index (χ0) is 15.2. The summed E-state index contributed by atoms with van der Waals surface area (Å²) in [6.07, 6.45) is 1.63. The van der Waals surface area contributed by atoms with Crippen molar-refractivity contribution in [1.82, 2.24) is 10.2 Å². The van der Waals surface area contributed by atoms with E-state index in [2.05, 4.69) is 17.1 Å². The number of carbonyl (C=O) groups excluding carboxylic acids is 1. The number of likely N-dealkylation sites (N-methyl/N-ethyl adjacent to an activating group) is 1. The molecule has 1 aliphatic rings. The molecular weight excluding hydrogens is 288 g/mol. The van der Waals surface area contributed by atoms with E-state index in [1.54, 1.807) is 24.3 Å². The lowest BCUT2D eigenvalue weighted by atomic mass is 10.1. The molecule has 0 aliphatic carbocycles. The van der Waals surface area contributed by atoms with E-state index in [4.69, 9.17) is 11.6 Å². The third-order valence-electron chi connectivity index (χ3n) is 4.07. The molecule has 1 aliphatic heterocycles. The first-order valence-corrected chi connectivity index (χ1v) is 7.92. The lowest BCUT2D eigenvalue weighted by Gasteiger charge is -2.23. The molecule has 1 saturated heterocycles. The van der Waals surface area contributed by atoms with Gasteiger partial charge in [0.05, 0.1) is 12.5 Å². The van der Waals surface area contributed by atoms with Crippen molar-refractivity contribution in [2.24, 2.45) is 0 Å². The molecule has 0 saturated carbocycles. The van der Waals surface area contributed by atoms with Gasteiger partial charge in [0.2, 0.25) is 5.91 Å². The zero-order valence-corrected chi connectivity index (χ0v) is 13.1. The number of likely N-dealkylation sites (tertiary alicyclic amines) is 1. The van der Waals surface area contributed by atoms with Crippen LogP contribution in [0.1, 0.15) is 37.9 Å². The van der Waals surface area contributed by atoms with Gasteiger partial charge in [-0.1, -0.05) is 30.7 Å². The summed E-state index contributed by atoms with van der Waals surface area (Å²) in [7, 11) is 0. The van der Waals surface area contributed by atoms with Crippen LogP contribution in [-0.2, 0) is 4.79 Å². The van der Waals surface area contributed by atoms with Gasteiger partial charge in [0.25, 0.3) is 0 Å². The quantitative estimate of drug-likeness (QED) is 0.848. The molecule has 0 spiro atoms. The number of nitrogens with one attached hydrogen (secondary N) is 1. The SMILES string of the molecule is CCN1CCCC1CNC(=O)CC(O)c1ccc(Cl)cc1. The highest BCUT2D eigenvalue weighted by molar-refractivity contribution is 6.30. The lowest BCUT2D eigenvalue weighted by molar-refractivity contribution is -0.123. The Bertz CT molecular complexity index is 464. The van der Waals surface area contributed by atoms with Gasteiger partial charge in [-0.2, -0.15) is 0 Å². The molecule has 21 heavy (non-hydrogen) atoms. The van der Waals surface area contributed by atoms with Crippen molar-refractivity contribution in [2.75, 3.05) is 19.6 Å². The highest BCUT2D eigenvalue weighted by Gasteiger charge is 2.23. The number of halogens is 1. The number of carbonyl (C=O) groups is 1. The third-order valence-corrected chi connectivity index (χ3v) is 4.33. The van der Waals surface area contributed by atoms with E-state index in [1.165, 1.54) is 6.42 Å². The van der Waals surface area contributed by atoms with Crippen LogP contribution >= 0.6 is 11.6 Å². The van der Waals surface area contributed by atoms with Crippen LogP contribution in [0.15, 0.2) is 24.3 Å². The Morgan fingerprint density at radius 3 is 2.86 bits per heavy atom. The number of aliphatic hydroxyl groups excluding tert-OH is 1. The van der Waals surface area contributed by atoms with Crippen LogP contribution in [0, 0.1) is 0 Å². The molecule has 1 heterocycles. The van der Waals surface area contributed by atoms with Crippen LogP contribution in [0.4, 0.5) is 0 Å². The standard InChI is InChI=1S/C16H23ClN2O2/c1-2-19-9-3-4-14(19)11-18-16(21)10-15(20)12-5-7-13(17)8-6-12/h5-8,14-15,20H,2-4,9-11H2,1H3,(H,18,21). The maximum atomic E-state index is 11.9. The van der Waals surface area contributed by atoms with Gasteiger partial charge >= 0.3 is 0 Å². The van der Waals surface area contributed by atoms with E-state index in [1.807, 2.05) is 0 Å². The van der Waals surface area contributed by atoms with Gasteiger partial charge in [-0.15, -0.1) is 0 Å². The number of hydrogen-bond acceptors (Lipinski definition) is 3. The molecule has 1 fully saturated rings. The fourth-order valence-electron chi connectivity index (χ4n) is 2.82. The second kappa shape index (κ2) is 7.78. The van der Waals surface area contributed by atoms with E-state index < -0.39 is 6.10 Å². The van der Waals surface area contributed by atoms with Crippen molar-refractivity contribution in [3.63, 3.8) is 0 Å². The van der Waals surface area contributed by atoms with E-state index >= 15 is 0 Å². The highest BCUT2D eigenvalue weighted by Crippen LogP contribution is 2.19. The molecule has 0 aromatic heterocycles. The Kier molecular flexibility index (Phi) is 6.03. The van der Waals surface area contributed by atoms with Crippen molar-refractivity contribution in [3.8, 4) is 0 Å². The Labute approximate surface area is 131 Å². The third kappa shape index (κ3) is 4.70. The van der Waals surface area contributed by atoms with E-state index in [0.29, 0.717) is 23.2 Å². The molecule has 0 radical (unpaired) electrons. The van der Waals surface area contributed by atoms with E-state index in [9.17, 15) is 9.90 Å². The lowest BCUT2D eigenvalue weighted by Crippen LogP contribution is -2.40. The molecule has 1 amide bonds. The fraction of sp³-hybridized carbons (Fsp3) is 0.562. The maximum Gasteiger partial charge on any atom is 0.223 e. The summed E-state index contributed by atoms with van der Waals surface area (Å²) in [4.78, 5) is 14.3. The first-order chi connectivity index (χ1) is 10.1. The number of hydrogen-bond donors (Lipinski definition) is 2. The minimum absolute atomic E-state index is 0.0838. The Morgan fingerprint density at radius 1 is 1.48 bits per heavy atom. The average Bonchev–Trinajstić information content (AvgIpc) is 2.93. The summed E-state index contributed by atoms with van der Waals surface area (Å²) in [5.74, 6) is -0.111. The van der Waals surface area contributed by atoms with Crippen LogP contribution in [-0.4, -0.2) is 41.6 Å². The molecular formula is C16H23ClN2O2. The molecule has 2 rings (SSSR count). The number of benzene rings is 1. The van der Waals surface area contributed by atoms with Gasteiger partial charge in [-0.25, -0.2) is 0 Å². The van der Waals surface area contributed by atoms with Gasteiger partial charge in [0.1, 0.15) is 0 Å². The van der Waals surface area contributed by atoms with Gasteiger partial charge < -0.3 is 10.4 Å². The summed E-state index contributed by atoms with van der Waals surface area (Å²) in [5, 5.41) is 13.6. The molecule has 2 unspecified atom stereocenters. The molecule has 2 atom stereocenters. The largest absolute Gasteiger partial charge is 0.388 e. The summed E-state index contributed by atoms with van der Waals surface area (Å²) >= 11 is 5.81. The maximum absolute atomic E-state index is 11.9. The smallest absolute Gasteiger partial charge is 0.223 e. The normalized spacial score (nSPS) is 20.4.